The summed E-state index contributed by atoms with van der Waals surface area (Å²) in [4.78, 5) is 0. The molecule has 0 bridgehead atoms. The monoisotopic (exact) mass is 297 g/mol. The molecule has 2 unspecified atom stereocenters. The summed E-state index contributed by atoms with van der Waals surface area (Å²) >= 11 is 6.18. The molecule has 110 valence electrons. The third-order valence-corrected chi connectivity index (χ3v) is 4.07. The number of amidine groups is 1. The number of halogens is 1. The van der Waals surface area contributed by atoms with Crippen molar-refractivity contribution in [3.05, 3.63) is 34.3 Å². The number of hydrogen-bond donors (Lipinski definition) is 4. The summed E-state index contributed by atoms with van der Waals surface area (Å²) in [5.41, 5.74) is 7.08. The second kappa shape index (κ2) is 6.92. The van der Waals surface area contributed by atoms with E-state index in [1.165, 1.54) is 0 Å². The fourth-order valence-corrected chi connectivity index (χ4v) is 2.80. The average Bonchev–Trinajstić information content (AvgIpc) is 2.85. The Morgan fingerprint density at radius 1 is 1.45 bits per heavy atom. The van der Waals surface area contributed by atoms with Gasteiger partial charge in [-0.25, -0.2) is 0 Å². The fraction of sp³-hybridized carbons (Fsp3) is 0.500. The van der Waals surface area contributed by atoms with Gasteiger partial charge in [-0.15, -0.1) is 0 Å². The van der Waals surface area contributed by atoms with Gasteiger partial charge >= 0.3 is 0 Å². The van der Waals surface area contributed by atoms with Gasteiger partial charge in [-0.3, -0.25) is 0 Å². The SMILES string of the molecule is N/C(=N/O)c1ccc(CNCC2CCC(O)C2)c(Cl)c1. The molecule has 0 heterocycles. The molecular weight excluding hydrogens is 278 g/mol. The van der Waals surface area contributed by atoms with Crippen LogP contribution in [0.2, 0.25) is 5.02 Å². The zero-order valence-corrected chi connectivity index (χ0v) is 12.0. The van der Waals surface area contributed by atoms with E-state index in [0.717, 1.165) is 31.4 Å². The van der Waals surface area contributed by atoms with Gasteiger partial charge in [-0.2, -0.15) is 0 Å². The molecule has 5 nitrogen and oxygen atoms in total. The summed E-state index contributed by atoms with van der Waals surface area (Å²) in [5, 5.41) is 25.0. The van der Waals surface area contributed by atoms with Gasteiger partial charge in [0, 0.05) is 17.1 Å². The van der Waals surface area contributed by atoms with Crippen molar-refractivity contribution in [2.24, 2.45) is 16.8 Å². The topological polar surface area (TPSA) is 90.9 Å². The molecule has 0 spiro atoms. The largest absolute Gasteiger partial charge is 0.409 e. The molecule has 1 aliphatic carbocycles. The molecular formula is C14H20ClN3O2. The minimum atomic E-state index is -0.134. The van der Waals surface area contributed by atoms with Gasteiger partial charge in [0.05, 0.1) is 6.10 Å². The van der Waals surface area contributed by atoms with Gasteiger partial charge in [0.1, 0.15) is 0 Å². The molecule has 1 saturated carbocycles. The molecule has 0 amide bonds. The van der Waals surface area contributed by atoms with Crippen LogP contribution in [0.3, 0.4) is 0 Å². The number of aliphatic hydroxyl groups is 1. The summed E-state index contributed by atoms with van der Waals surface area (Å²) in [6.45, 7) is 1.55. The van der Waals surface area contributed by atoms with E-state index >= 15 is 0 Å². The second-order valence-corrected chi connectivity index (χ2v) is 5.66. The molecule has 1 aliphatic rings. The number of oxime groups is 1. The van der Waals surface area contributed by atoms with Crippen molar-refractivity contribution < 1.29 is 10.3 Å². The van der Waals surface area contributed by atoms with Gasteiger partial charge in [0.2, 0.25) is 0 Å². The van der Waals surface area contributed by atoms with Crippen molar-refractivity contribution in [2.75, 3.05) is 6.54 Å². The molecule has 5 N–H and O–H groups in total. The summed E-state index contributed by atoms with van der Waals surface area (Å²) in [7, 11) is 0. The van der Waals surface area contributed by atoms with Crippen LogP contribution in [0, 0.1) is 5.92 Å². The Bertz CT molecular complexity index is 493. The average molecular weight is 298 g/mol. The lowest BCUT2D eigenvalue weighted by atomic mass is 10.1. The van der Waals surface area contributed by atoms with E-state index in [9.17, 15) is 5.11 Å². The van der Waals surface area contributed by atoms with E-state index in [1.807, 2.05) is 6.07 Å². The number of nitrogens with two attached hydrogens (primary N) is 1. The van der Waals surface area contributed by atoms with Crippen LogP contribution in [0.15, 0.2) is 23.4 Å². The first-order chi connectivity index (χ1) is 9.60. The Hall–Kier alpha value is -1.30. The Morgan fingerprint density at radius 2 is 2.25 bits per heavy atom. The highest BCUT2D eigenvalue weighted by molar-refractivity contribution is 6.31. The van der Waals surface area contributed by atoms with Gasteiger partial charge in [0.15, 0.2) is 5.84 Å². The zero-order chi connectivity index (χ0) is 14.5. The lowest BCUT2D eigenvalue weighted by Gasteiger charge is -2.12. The highest BCUT2D eigenvalue weighted by atomic mass is 35.5. The predicted molar refractivity (Wildman–Crippen MR) is 79.0 cm³/mol. The Labute approximate surface area is 123 Å². The number of nitrogens with one attached hydrogen (secondary N) is 1. The fourth-order valence-electron chi connectivity index (χ4n) is 2.55. The number of benzene rings is 1. The molecule has 20 heavy (non-hydrogen) atoms. The second-order valence-electron chi connectivity index (χ2n) is 5.26. The van der Waals surface area contributed by atoms with Gasteiger partial charge in [-0.05, 0) is 43.4 Å². The molecule has 6 heteroatoms. The van der Waals surface area contributed by atoms with Crippen molar-refractivity contribution >= 4 is 17.4 Å². The molecule has 2 rings (SSSR count). The van der Waals surface area contributed by atoms with E-state index in [0.29, 0.717) is 23.0 Å². The zero-order valence-electron chi connectivity index (χ0n) is 11.2. The van der Waals surface area contributed by atoms with E-state index in [1.54, 1.807) is 12.1 Å². The number of aliphatic hydroxyl groups excluding tert-OH is 1. The lowest BCUT2D eigenvalue weighted by molar-refractivity contribution is 0.177. The first-order valence-corrected chi connectivity index (χ1v) is 7.13. The van der Waals surface area contributed by atoms with Crippen LogP contribution in [0.25, 0.3) is 0 Å². The smallest absolute Gasteiger partial charge is 0.170 e. The maximum Gasteiger partial charge on any atom is 0.170 e. The van der Waals surface area contributed by atoms with Crippen LogP contribution < -0.4 is 11.1 Å². The normalized spacial score (nSPS) is 23.2. The molecule has 0 aliphatic heterocycles. The highest BCUT2D eigenvalue weighted by Gasteiger charge is 2.22. The van der Waals surface area contributed by atoms with Gasteiger partial charge in [-0.1, -0.05) is 28.9 Å². The molecule has 0 radical (unpaired) electrons. The third kappa shape index (κ3) is 3.85. The first-order valence-electron chi connectivity index (χ1n) is 6.75. The molecule has 1 aromatic carbocycles. The minimum absolute atomic E-state index is 0.0475. The van der Waals surface area contributed by atoms with E-state index in [2.05, 4.69) is 10.5 Å². The molecule has 1 aromatic rings. The van der Waals surface area contributed by atoms with Crippen LogP contribution in [0.1, 0.15) is 30.4 Å². The summed E-state index contributed by atoms with van der Waals surface area (Å²) in [6, 6.07) is 5.33. The standard InChI is InChI=1S/C14H20ClN3O2/c15-13-6-10(14(16)18-20)2-3-11(13)8-17-7-9-1-4-12(19)5-9/h2-3,6,9,12,17,19-20H,1,4-5,7-8H2,(H2,16,18). The van der Waals surface area contributed by atoms with Crippen molar-refractivity contribution in [1.82, 2.24) is 5.32 Å². The van der Waals surface area contributed by atoms with Gasteiger partial charge in [0.25, 0.3) is 0 Å². The molecule has 1 fully saturated rings. The predicted octanol–water partition coefficient (Wildman–Crippen LogP) is 1.69. The molecule has 2 atom stereocenters. The number of hydrogen-bond acceptors (Lipinski definition) is 4. The Balaban J connectivity index is 1.87. The van der Waals surface area contributed by atoms with E-state index < -0.39 is 0 Å². The quantitative estimate of drug-likeness (QED) is 0.288. The molecule has 0 saturated heterocycles. The van der Waals surface area contributed by atoms with E-state index in [-0.39, 0.29) is 11.9 Å². The molecule has 0 aromatic heterocycles. The van der Waals surface area contributed by atoms with Crippen molar-refractivity contribution in [2.45, 2.75) is 31.9 Å². The van der Waals surface area contributed by atoms with E-state index in [4.69, 9.17) is 22.5 Å². The maximum atomic E-state index is 9.47. The lowest BCUT2D eigenvalue weighted by Crippen LogP contribution is -2.21. The highest BCUT2D eigenvalue weighted by Crippen LogP contribution is 2.25. The van der Waals surface area contributed by atoms with Crippen molar-refractivity contribution in [1.29, 1.82) is 0 Å². The van der Waals surface area contributed by atoms with Crippen LogP contribution in [-0.2, 0) is 6.54 Å². The summed E-state index contributed by atoms with van der Waals surface area (Å²) in [6.07, 6.45) is 2.72. The van der Waals surface area contributed by atoms with Crippen molar-refractivity contribution in [3.63, 3.8) is 0 Å². The van der Waals surface area contributed by atoms with Crippen LogP contribution in [0.4, 0.5) is 0 Å². The minimum Gasteiger partial charge on any atom is -0.409 e. The first kappa shape index (κ1) is 15.1. The van der Waals surface area contributed by atoms with Gasteiger partial charge < -0.3 is 21.4 Å². The summed E-state index contributed by atoms with van der Waals surface area (Å²) in [5.74, 6) is 0.589. The third-order valence-electron chi connectivity index (χ3n) is 3.72. The van der Waals surface area contributed by atoms with Crippen LogP contribution >= 0.6 is 11.6 Å². The number of rotatable bonds is 5. The van der Waals surface area contributed by atoms with Crippen LogP contribution in [-0.4, -0.2) is 28.8 Å². The Kier molecular flexibility index (Phi) is 5.23. The van der Waals surface area contributed by atoms with Crippen LogP contribution in [0.5, 0.6) is 0 Å². The van der Waals surface area contributed by atoms with Crippen molar-refractivity contribution in [3.8, 4) is 0 Å². The number of nitrogens with zero attached hydrogens (tertiary/aromatic N) is 1. The Morgan fingerprint density at radius 3 is 2.85 bits per heavy atom. The maximum absolute atomic E-state index is 9.47. The summed E-state index contributed by atoms with van der Waals surface area (Å²) < 4.78 is 0.